The molecule has 0 saturated carbocycles. The minimum absolute atomic E-state index is 0.0360. The lowest BCUT2D eigenvalue weighted by atomic mass is 9.90. The molecule has 1 amide bonds. The first kappa shape index (κ1) is 30.7. The number of hydrogen-bond donors (Lipinski definition) is 2. The summed E-state index contributed by atoms with van der Waals surface area (Å²) in [5.74, 6) is -0.245. The van der Waals surface area contributed by atoms with E-state index in [9.17, 15) is 14.7 Å². The second-order valence-electron chi connectivity index (χ2n) is 11.6. The fraction of sp³-hybridized carbons (Fsp3) is 0.500. The van der Waals surface area contributed by atoms with Crippen molar-refractivity contribution >= 4 is 17.7 Å². The maximum Gasteiger partial charge on any atom is 0.411 e. The van der Waals surface area contributed by atoms with Crippen molar-refractivity contribution in [2.45, 2.75) is 77.3 Å². The summed E-state index contributed by atoms with van der Waals surface area (Å²) in [5.41, 5.74) is 2.53. The maximum absolute atomic E-state index is 13.0. The van der Waals surface area contributed by atoms with Gasteiger partial charge in [0, 0.05) is 23.7 Å². The summed E-state index contributed by atoms with van der Waals surface area (Å²) in [5, 5.41) is 12.2. The first-order valence-corrected chi connectivity index (χ1v) is 14.2. The zero-order valence-electron chi connectivity index (χ0n) is 24.4. The Morgan fingerprint density at radius 2 is 1.90 bits per heavy atom. The third-order valence-electron chi connectivity index (χ3n) is 7.32. The maximum atomic E-state index is 13.0. The summed E-state index contributed by atoms with van der Waals surface area (Å²) in [6, 6.07) is 14.7. The van der Waals surface area contributed by atoms with Gasteiger partial charge in [-0.25, -0.2) is 4.79 Å². The Bertz CT molecular complexity index is 1190. The van der Waals surface area contributed by atoms with Crippen molar-refractivity contribution in [2.75, 3.05) is 25.0 Å². The second-order valence-corrected chi connectivity index (χ2v) is 11.6. The van der Waals surface area contributed by atoms with E-state index in [2.05, 4.69) is 23.7 Å². The first-order valence-electron chi connectivity index (χ1n) is 14.2. The van der Waals surface area contributed by atoms with E-state index in [0.717, 1.165) is 36.1 Å². The summed E-state index contributed by atoms with van der Waals surface area (Å²) >= 11 is 0. The molecule has 2 fully saturated rings. The number of carbonyl (C=O) groups is 2. The van der Waals surface area contributed by atoms with Gasteiger partial charge in [0.2, 0.25) is 0 Å². The van der Waals surface area contributed by atoms with Crippen LogP contribution in [0.3, 0.4) is 0 Å². The molecule has 2 aromatic carbocycles. The summed E-state index contributed by atoms with van der Waals surface area (Å²) in [6.07, 6.45) is 1.30. The molecule has 5 atom stereocenters. The molecule has 41 heavy (non-hydrogen) atoms. The van der Waals surface area contributed by atoms with E-state index in [4.69, 9.17) is 18.9 Å². The summed E-state index contributed by atoms with van der Waals surface area (Å²) < 4.78 is 23.9. The van der Waals surface area contributed by atoms with Gasteiger partial charge in [0.15, 0.2) is 6.29 Å². The van der Waals surface area contributed by atoms with E-state index >= 15 is 0 Å². The molecule has 9 nitrogen and oxygen atoms in total. The molecular weight excluding hydrogens is 524 g/mol. The average molecular weight is 567 g/mol. The van der Waals surface area contributed by atoms with Crippen molar-refractivity contribution in [3.8, 4) is 0 Å². The molecule has 4 rings (SSSR count). The molecule has 0 aliphatic carbocycles. The number of benzene rings is 2. The highest BCUT2D eigenvalue weighted by Gasteiger charge is 2.42. The number of amides is 1. The number of likely N-dealkylation sites (tertiary alicyclic amines) is 1. The number of nitrogens with one attached hydrogen (secondary N) is 1. The van der Waals surface area contributed by atoms with E-state index in [0.29, 0.717) is 12.2 Å². The lowest BCUT2D eigenvalue weighted by Gasteiger charge is -2.43. The van der Waals surface area contributed by atoms with Gasteiger partial charge in [-0.15, -0.1) is 0 Å². The molecule has 0 aromatic heterocycles. The van der Waals surface area contributed by atoms with E-state index in [1.165, 1.54) is 6.08 Å². The molecule has 0 spiro atoms. The Labute approximate surface area is 242 Å². The number of aliphatic hydroxyl groups excluding tert-OH is 1. The van der Waals surface area contributed by atoms with Crippen LogP contribution in [-0.2, 0) is 30.3 Å². The predicted molar refractivity (Wildman–Crippen MR) is 155 cm³/mol. The molecule has 2 aliphatic rings. The zero-order valence-corrected chi connectivity index (χ0v) is 24.4. The van der Waals surface area contributed by atoms with Crippen molar-refractivity contribution in [3.05, 3.63) is 77.9 Å². The van der Waals surface area contributed by atoms with Crippen LogP contribution in [0.15, 0.2) is 61.2 Å². The number of nitrogens with zero attached hydrogens (tertiary/aromatic N) is 1. The molecule has 2 aliphatic heterocycles. The van der Waals surface area contributed by atoms with Crippen LogP contribution in [0.4, 0.5) is 10.5 Å². The van der Waals surface area contributed by atoms with E-state index in [-0.39, 0.29) is 43.4 Å². The number of hydrogen-bond acceptors (Lipinski definition) is 8. The Morgan fingerprint density at radius 1 is 1.15 bits per heavy atom. The van der Waals surface area contributed by atoms with Gasteiger partial charge in [-0.05, 0) is 63.4 Å². The van der Waals surface area contributed by atoms with Crippen LogP contribution in [0, 0.1) is 5.92 Å². The monoisotopic (exact) mass is 566 g/mol. The molecule has 2 saturated heterocycles. The minimum Gasteiger partial charge on any atom is -0.459 e. The zero-order chi connectivity index (χ0) is 29.6. The molecule has 222 valence electrons. The van der Waals surface area contributed by atoms with Crippen LogP contribution in [-0.4, -0.2) is 59.5 Å². The Morgan fingerprint density at radius 3 is 2.59 bits per heavy atom. The van der Waals surface area contributed by atoms with Gasteiger partial charge in [-0.3, -0.25) is 15.0 Å². The Balaban J connectivity index is 1.58. The summed E-state index contributed by atoms with van der Waals surface area (Å²) in [4.78, 5) is 27.3. The quantitative estimate of drug-likeness (QED) is 0.302. The van der Waals surface area contributed by atoms with Crippen LogP contribution in [0.2, 0.25) is 0 Å². The minimum atomic E-state index is -0.716. The third kappa shape index (κ3) is 8.16. The average Bonchev–Trinajstić information content (AvgIpc) is 3.41. The van der Waals surface area contributed by atoms with Gasteiger partial charge in [0.25, 0.3) is 0 Å². The molecule has 5 unspecified atom stereocenters. The van der Waals surface area contributed by atoms with Gasteiger partial charge in [-0.2, -0.15) is 0 Å². The lowest BCUT2D eigenvalue weighted by molar-refractivity contribution is -0.276. The van der Waals surface area contributed by atoms with Crippen LogP contribution < -0.4 is 5.32 Å². The predicted octanol–water partition coefficient (Wildman–Crippen LogP) is 5.51. The SMILES string of the molecule is C=CCOC(=O)Nc1cccc(C2OC(CN3CCCC3C(=O)OC(C)(C)C)C(C)C(c3ccc(CO)cc3)O2)c1. The van der Waals surface area contributed by atoms with Gasteiger partial charge < -0.3 is 24.1 Å². The van der Waals surface area contributed by atoms with E-state index in [1.807, 2.05) is 57.2 Å². The third-order valence-corrected chi connectivity index (χ3v) is 7.32. The largest absolute Gasteiger partial charge is 0.459 e. The van der Waals surface area contributed by atoms with Crippen LogP contribution in [0.1, 0.15) is 69.6 Å². The van der Waals surface area contributed by atoms with Crippen molar-refractivity contribution in [1.29, 1.82) is 0 Å². The highest BCUT2D eigenvalue weighted by molar-refractivity contribution is 5.84. The van der Waals surface area contributed by atoms with E-state index in [1.54, 1.807) is 12.1 Å². The van der Waals surface area contributed by atoms with Crippen molar-refractivity contribution < 1.29 is 33.6 Å². The molecule has 0 radical (unpaired) electrons. The Kier molecular flexibility index (Phi) is 10.2. The molecule has 2 aromatic rings. The number of aliphatic hydroxyl groups is 1. The number of anilines is 1. The fourth-order valence-electron chi connectivity index (χ4n) is 5.29. The summed E-state index contributed by atoms with van der Waals surface area (Å²) in [6.45, 7) is 12.7. The van der Waals surface area contributed by atoms with Gasteiger partial charge >= 0.3 is 12.1 Å². The topological polar surface area (TPSA) is 107 Å². The lowest BCUT2D eigenvalue weighted by Crippen LogP contribution is -2.48. The van der Waals surface area contributed by atoms with Crippen LogP contribution in [0.25, 0.3) is 0 Å². The number of carbonyl (C=O) groups excluding carboxylic acids is 2. The van der Waals surface area contributed by atoms with Crippen molar-refractivity contribution in [3.63, 3.8) is 0 Å². The highest BCUT2D eigenvalue weighted by atomic mass is 16.7. The highest BCUT2D eigenvalue weighted by Crippen LogP contribution is 2.42. The summed E-state index contributed by atoms with van der Waals surface area (Å²) in [7, 11) is 0. The first-order chi connectivity index (χ1) is 19.6. The van der Waals surface area contributed by atoms with E-state index < -0.39 is 18.0 Å². The van der Waals surface area contributed by atoms with Gasteiger partial charge in [-0.1, -0.05) is 56.0 Å². The van der Waals surface area contributed by atoms with Gasteiger partial charge in [0.1, 0.15) is 18.2 Å². The van der Waals surface area contributed by atoms with Crippen molar-refractivity contribution in [2.24, 2.45) is 5.92 Å². The number of esters is 1. The van der Waals surface area contributed by atoms with Crippen molar-refractivity contribution in [1.82, 2.24) is 4.90 Å². The Hall–Kier alpha value is -3.24. The smallest absolute Gasteiger partial charge is 0.411 e. The van der Waals surface area contributed by atoms with Crippen LogP contribution in [0.5, 0.6) is 0 Å². The molecular formula is C32H42N2O7. The number of ether oxygens (including phenoxy) is 4. The normalized spacial score (nSPS) is 25.0. The molecule has 0 bridgehead atoms. The van der Waals surface area contributed by atoms with Crippen LogP contribution >= 0.6 is 0 Å². The second kappa shape index (κ2) is 13.6. The molecule has 9 heteroatoms. The fourth-order valence-corrected chi connectivity index (χ4v) is 5.29. The standard InChI is InChI=1S/C32H42N2O7/c1-6-17-38-31(37)33-25-10-7-9-24(18-25)30-39-27(19-34-16-8-11-26(34)29(36)41-32(3,4)5)21(2)28(40-30)23-14-12-22(20-35)13-15-23/h6-7,9-10,12-15,18,21,26-28,30,35H,1,8,11,16-17,19-20H2,2-5H3,(H,33,37). The molecule has 2 heterocycles. The number of rotatable bonds is 9. The molecule has 2 N–H and O–H groups in total. The van der Waals surface area contributed by atoms with Gasteiger partial charge in [0.05, 0.1) is 18.8 Å².